The highest BCUT2D eigenvalue weighted by molar-refractivity contribution is 6.30. The number of ether oxygens (including phenoxy) is 1. The Morgan fingerprint density at radius 1 is 1.10 bits per heavy atom. The van der Waals surface area contributed by atoms with Crippen LogP contribution < -0.4 is 10.5 Å². The van der Waals surface area contributed by atoms with Crippen molar-refractivity contribution in [2.24, 2.45) is 5.73 Å². The summed E-state index contributed by atoms with van der Waals surface area (Å²) in [5, 5.41) is 1.82. The second-order valence-corrected chi connectivity index (χ2v) is 5.04. The Morgan fingerprint density at radius 3 is 2.75 bits per heavy atom. The lowest BCUT2D eigenvalue weighted by Gasteiger charge is -2.06. The predicted molar refractivity (Wildman–Crippen MR) is 82.0 cm³/mol. The number of para-hydroxylation sites is 1. The first kappa shape index (κ1) is 13.0. The number of nitrogens with one attached hydrogen (secondary N) is 1. The van der Waals surface area contributed by atoms with Gasteiger partial charge in [-0.2, -0.15) is 0 Å². The van der Waals surface area contributed by atoms with E-state index in [0.717, 1.165) is 27.8 Å². The van der Waals surface area contributed by atoms with Gasteiger partial charge in [0.15, 0.2) is 0 Å². The summed E-state index contributed by atoms with van der Waals surface area (Å²) in [5.74, 6) is 0.766. The maximum absolute atomic E-state index is 5.94. The fourth-order valence-electron chi connectivity index (χ4n) is 2.28. The van der Waals surface area contributed by atoms with Crippen LogP contribution in [0.15, 0.2) is 48.7 Å². The number of hydrogen-bond acceptors (Lipinski definition) is 2. The first-order chi connectivity index (χ1) is 9.78. The van der Waals surface area contributed by atoms with Crippen LogP contribution in [0.4, 0.5) is 0 Å². The third-order valence-electron chi connectivity index (χ3n) is 3.30. The van der Waals surface area contributed by atoms with Crippen molar-refractivity contribution < 1.29 is 4.74 Å². The summed E-state index contributed by atoms with van der Waals surface area (Å²) in [6, 6.07) is 13.5. The van der Waals surface area contributed by atoms with Gasteiger partial charge in [-0.15, -0.1) is 0 Å². The Kier molecular flexibility index (Phi) is 3.63. The molecule has 2 aromatic carbocycles. The van der Waals surface area contributed by atoms with E-state index in [1.165, 1.54) is 0 Å². The quantitative estimate of drug-likeness (QED) is 0.765. The van der Waals surface area contributed by atoms with Crippen molar-refractivity contribution in [3.8, 4) is 5.75 Å². The number of fused-ring (bicyclic) bond motifs is 1. The number of aromatic amines is 1. The molecule has 3 nitrogen and oxygen atoms in total. The third kappa shape index (κ3) is 2.50. The fourth-order valence-corrected chi connectivity index (χ4v) is 2.46. The number of nitrogens with two attached hydrogens (primary N) is 1. The van der Waals surface area contributed by atoms with Gasteiger partial charge in [0.25, 0.3) is 0 Å². The van der Waals surface area contributed by atoms with Crippen LogP contribution >= 0.6 is 11.6 Å². The van der Waals surface area contributed by atoms with Crippen LogP contribution in [0.5, 0.6) is 5.75 Å². The molecule has 0 fully saturated rings. The summed E-state index contributed by atoms with van der Waals surface area (Å²) >= 11 is 5.94. The first-order valence-corrected chi connectivity index (χ1v) is 6.82. The van der Waals surface area contributed by atoms with Crippen LogP contribution in [-0.4, -0.2) is 4.98 Å². The molecule has 0 unspecified atom stereocenters. The average molecular weight is 287 g/mol. The van der Waals surface area contributed by atoms with E-state index in [2.05, 4.69) is 11.1 Å². The molecule has 1 aromatic heterocycles. The molecule has 20 heavy (non-hydrogen) atoms. The zero-order chi connectivity index (χ0) is 13.9. The molecular weight excluding hydrogens is 272 g/mol. The van der Waals surface area contributed by atoms with Gasteiger partial charge in [0.1, 0.15) is 12.4 Å². The van der Waals surface area contributed by atoms with E-state index >= 15 is 0 Å². The van der Waals surface area contributed by atoms with E-state index in [1.807, 2.05) is 42.6 Å². The van der Waals surface area contributed by atoms with Gasteiger partial charge in [0.2, 0.25) is 0 Å². The normalized spacial score (nSPS) is 10.9. The number of aromatic nitrogens is 1. The van der Waals surface area contributed by atoms with Crippen molar-refractivity contribution in [3.05, 3.63) is 64.8 Å². The number of hydrogen-bond donors (Lipinski definition) is 2. The van der Waals surface area contributed by atoms with Gasteiger partial charge in [0, 0.05) is 28.7 Å². The van der Waals surface area contributed by atoms with Crippen molar-refractivity contribution in [3.63, 3.8) is 0 Å². The predicted octanol–water partition coefficient (Wildman–Crippen LogP) is 3.86. The highest BCUT2D eigenvalue weighted by Gasteiger charge is 2.07. The minimum atomic E-state index is 0.494. The Bertz CT molecular complexity index is 736. The summed E-state index contributed by atoms with van der Waals surface area (Å²) in [7, 11) is 0. The van der Waals surface area contributed by atoms with Crippen LogP contribution in [0.3, 0.4) is 0 Å². The number of H-pyrrole nitrogens is 1. The van der Waals surface area contributed by atoms with E-state index in [4.69, 9.17) is 22.1 Å². The Hall–Kier alpha value is -1.97. The van der Waals surface area contributed by atoms with Crippen molar-refractivity contribution in [1.29, 1.82) is 0 Å². The highest BCUT2D eigenvalue weighted by Crippen LogP contribution is 2.24. The average Bonchev–Trinajstić information content (AvgIpc) is 2.88. The molecule has 0 aliphatic rings. The molecule has 1 heterocycles. The van der Waals surface area contributed by atoms with Gasteiger partial charge < -0.3 is 15.5 Å². The van der Waals surface area contributed by atoms with Crippen LogP contribution in [0.1, 0.15) is 11.1 Å². The fraction of sp³-hybridized carbons (Fsp3) is 0.125. The maximum atomic E-state index is 5.94. The van der Waals surface area contributed by atoms with Gasteiger partial charge in [0.05, 0.1) is 5.52 Å². The highest BCUT2D eigenvalue weighted by atomic mass is 35.5. The zero-order valence-corrected chi connectivity index (χ0v) is 11.7. The smallest absolute Gasteiger partial charge is 0.121 e. The molecule has 0 aliphatic heterocycles. The Balaban J connectivity index is 1.85. The lowest BCUT2D eigenvalue weighted by atomic mass is 10.1. The minimum absolute atomic E-state index is 0.494. The SMILES string of the molecule is NCc1cccc2c(COc3cccc(Cl)c3)c[nH]c12. The van der Waals surface area contributed by atoms with Crippen molar-refractivity contribution in [2.75, 3.05) is 0 Å². The number of benzene rings is 2. The molecule has 0 amide bonds. The van der Waals surface area contributed by atoms with Gasteiger partial charge in [-0.3, -0.25) is 0 Å². The topological polar surface area (TPSA) is 51.0 Å². The van der Waals surface area contributed by atoms with Crippen LogP contribution in [-0.2, 0) is 13.2 Å². The van der Waals surface area contributed by atoms with Crippen molar-refractivity contribution in [1.82, 2.24) is 4.98 Å². The summed E-state index contributed by atoms with van der Waals surface area (Å²) in [4.78, 5) is 3.27. The molecule has 0 radical (unpaired) electrons. The van der Waals surface area contributed by atoms with E-state index in [9.17, 15) is 0 Å². The van der Waals surface area contributed by atoms with Crippen LogP contribution in [0, 0.1) is 0 Å². The van der Waals surface area contributed by atoms with Gasteiger partial charge in [-0.05, 0) is 23.8 Å². The summed E-state index contributed by atoms with van der Waals surface area (Å²) in [6.07, 6.45) is 1.97. The van der Waals surface area contributed by atoms with Crippen molar-refractivity contribution >= 4 is 22.5 Å². The summed E-state index contributed by atoms with van der Waals surface area (Å²) in [6.45, 7) is 1.01. The van der Waals surface area contributed by atoms with Gasteiger partial charge >= 0.3 is 0 Å². The lowest BCUT2D eigenvalue weighted by Crippen LogP contribution is -1.97. The van der Waals surface area contributed by atoms with Gasteiger partial charge in [-0.1, -0.05) is 35.9 Å². The molecule has 3 N–H and O–H groups in total. The number of rotatable bonds is 4. The Morgan fingerprint density at radius 2 is 1.95 bits per heavy atom. The molecule has 0 atom stereocenters. The molecule has 0 aliphatic carbocycles. The monoisotopic (exact) mass is 286 g/mol. The second-order valence-electron chi connectivity index (χ2n) is 4.60. The molecule has 0 bridgehead atoms. The molecule has 0 saturated heterocycles. The standard InChI is InChI=1S/C16H15ClN2O/c17-13-4-2-5-14(7-13)20-10-12-9-19-16-11(8-18)3-1-6-15(12)16/h1-7,9,19H,8,10,18H2. The van der Waals surface area contributed by atoms with Crippen molar-refractivity contribution in [2.45, 2.75) is 13.2 Å². The zero-order valence-electron chi connectivity index (χ0n) is 10.9. The largest absolute Gasteiger partial charge is 0.489 e. The lowest BCUT2D eigenvalue weighted by molar-refractivity contribution is 0.307. The minimum Gasteiger partial charge on any atom is -0.489 e. The number of halogens is 1. The Labute approximate surface area is 122 Å². The molecule has 0 saturated carbocycles. The van der Waals surface area contributed by atoms with Crippen LogP contribution in [0.2, 0.25) is 5.02 Å². The van der Waals surface area contributed by atoms with Gasteiger partial charge in [-0.25, -0.2) is 0 Å². The first-order valence-electron chi connectivity index (χ1n) is 6.44. The molecule has 3 rings (SSSR count). The second kappa shape index (κ2) is 5.57. The van der Waals surface area contributed by atoms with E-state index in [1.54, 1.807) is 0 Å². The summed E-state index contributed by atoms with van der Waals surface area (Å²) < 4.78 is 5.78. The molecule has 102 valence electrons. The molecule has 0 spiro atoms. The summed E-state index contributed by atoms with van der Waals surface area (Å²) in [5.41, 5.74) is 9.04. The molecule has 3 aromatic rings. The van der Waals surface area contributed by atoms with Crippen LogP contribution in [0.25, 0.3) is 10.9 Å². The maximum Gasteiger partial charge on any atom is 0.121 e. The third-order valence-corrected chi connectivity index (χ3v) is 3.53. The molecule has 4 heteroatoms. The van der Waals surface area contributed by atoms with E-state index in [-0.39, 0.29) is 0 Å². The van der Waals surface area contributed by atoms with E-state index in [0.29, 0.717) is 18.2 Å². The van der Waals surface area contributed by atoms with E-state index < -0.39 is 0 Å². The molecular formula is C16H15ClN2O.